The normalized spacial score (nSPS) is 10.1. The number of methoxy groups -OCH3 is 1. The van der Waals surface area contributed by atoms with E-state index in [-0.39, 0.29) is 0 Å². The lowest BCUT2D eigenvalue weighted by Crippen LogP contribution is -1.94. The fraction of sp³-hybridized carbons (Fsp3) is 0.231. The minimum atomic E-state index is 0.356. The molecule has 2 rings (SSSR count). The molecule has 2 aromatic rings. The predicted molar refractivity (Wildman–Crippen MR) is 71.4 cm³/mol. The molecule has 0 fully saturated rings. The maximum Gasteiger partial charge on any atom is 0.132 e. The van der Waals surface area contributed by atoms with E-state index >= 15 is 0 Å². The van der Waals surface area contributed by atoms with Crippen molar-refractivity contribution in [3.8, 4) is 23.1 Å². The molecule has 1 aromatic carbocycles. The van der Waals surface area contributed by atoms with Crippen LogP contribution in [-0.2, 0) is 6.54 Å². The fourth-order valence-electron chi connectivity index (χ4n) is 1.75. The number of nitriles is 1. The van der Waals surface area contributed by atoms with Crippen LogP contribution in [0.5, 0.6) is 5.75 Å². The van der Waals surface area contributed by atoms with Crippen LogP contribution in [0.4, 0.5) is 0 Å². The van der Waals surface area contributed by atoms with Gasteiger partial charge < -0.3 is 10.5 Å². The van der Waals surface area contributed by atoms with Gasteiger partial charge in [0.2, 0.25) is 0 Å². The second-order valence-electron chi connectivity index (χ2n) is 3.79. The van der Waals surface area contributed by atoms with E-state index in [1.54, 1.807) is 7.11 Å². The minimum Gasteiger partial charge on any atom is -0.496 e. The van der Waals surface area contributed by atoms with E-state index in [0.717, 1.165) is 21.9 Å². The van der Waals surface area contributed by atoms with Crippen molar-refractivity contribution < 1.29 is 4.74 Å². The highest BCUT2D eigenvalue weighted by Gasteiger charge is 2.13. The Kier molecular flexibility index (Phi) is 3.60. The summed E-state index contributed by atoms with van der Waals surface area (Å²) in [5, 5.41) is 9.89. The Labute approximate surface area is 110 Å². The van der Waals surface area contributed by atoms with Crippen LogP contribution in [0.15, 0.2) is 18.2 Å². The van der Waals surface area contributed by atoms with Gasteiger partial charge in [0.05, 0.1) is 12.8 Å². The highest BCUT2D eigenvalue weighted by molar-refractivity contribution is 7.12. The molecular formula is C13H13N3OS. The first kappa shape index (κ1) is 12.6. The molecule has 0 spiro atoms. The number of benzene rings is 1. The SMILES string of the molecule is COc1ccc(-c2nc(CN)sc2C#N)cc1C. The highest BCUT2D eigenvalue weighted by Crippen LogP contribution is 2.30. The van der Waals surface area contributed by atoms with Crippen molar-refractivity contribution >= 4 is 11.3 Å². The zero-order valence-electron chi connectivity index (χ0n) is 10.2. The van der Waals surface area contributed by atoms with E-state index in [9.17, 15) is 0 Å². The molecule has 18 heavy (non-hydrogen) atoms. The summed E-state index contributed by atoms with van der Waals surface area (Å²) >= 11 is 1.34. The zero-order chi connectivity index (χ0) is 13.1. The van der Waals surface area contributed by atoms with Gasteiger partial charge in [-0.25, -0.2) is 4.98 Å². The van der Waals surface area contributed by atoms with E-state index in [0.29, 0.717) is 17.1 Å². The van der Waals surface area contributed by atoms with Crippen LogP contribution >= 0.6 is 11.3 Å². The molecule has 2 N–H and O–H groups in total. The summed E-state index contributed by atoms with van der Waals surface area (Å²) in [5.41, 5.74) is 8.19. The Morgan fingerprint density at radius 2 is 2.28 bits per heavy atom. The van der Waals surface area contributed by atoms with Crippen LogP contribution in [-0.4, -0.2) is 12.1 Å². The molecule has 0 aliphatic heterocycles. The lowest BCUT2D eigenvalue weighted by molar-refractivity contribution is 0.412. The van der Waals surface area contributed by atoms with Crippen LogP contribution in [0.1, 0.15) is 15.4 Å². The van der Waals surface area contributed by atoms with E-state index in [1.165, 1.54) is 11.3 Å². The van der Waals surface area contributed by atoms with Gasteiger partial charge >= 0.3 is 0 Å². The average molecular weight is 259 g/mol. The van der Waals surface area contributed by atoms with Gasteiger partial charge in [0.15, 0.2) is 0 Å². The minimum absolute atomic E-state index is 0.356. The van der Waals surface area contributed by atoms with Crippen LogP contribution in [0.3, 0.4) is 0 Å². The molecule has 0 atom stereocenters. The first-order valence-electron chi connectivity index (χ1n) is 5.44. The zero-order valence-corrected chi connectivity index (χ0v) is 11.0. The average Bonchev–Trinajstić information content (AvgIpc) is 2.82. The van der Waals surface area contributed by atoms with Crippen molar-refractivity contribution in [2.75, 3.05) is 7.11 Å². The largest absolute Gasteiger partial charge is 0.496 e. The summed E-state index contributed by atoms with van der Waals surface area (Å²) < 4.78 is 5.22. The van der Waals surface area contributed by atoms with E-state index < -0.39 is 0 Å². The van der Waals surface area contributed by atoms with Crippen LogP contribution in [0.25, 0.3) is 11.3 Å². The Morgan fingerprint density at radius 3 is 2.83 bits per heavy atom. The van der Waals surface area contributed by atoms with E-state index in [2.05, 4.69) is 11.1 Å². The smallest absolute Gasteiger partial charge is 0.132 e. The van der Waals surface area contributed by atoms with Crippen molar-refractivity contribution in [1.82, 2.24) is 4.98 Å². The van der Waals surface area contributed by atoms with Crippen molar-refractivity contribution in [3.63, 3.8) is 0 Å². The molecule has 0 aliphatic carbocycles. The quantitative estimate of drug-likeness (QED) is 0.919. The van der Waals surface area contributed by atoms with Gasteiger partial charge in [-0.15, -0.1) is 11.3 Å². The third-order valence-electron chi connectivity index (χ3n) is 2.62. The number of nitrogens with zero attached hydrogens (tertiary/aromatic N) is 2. The number of hydrogen-bond acceptors (Lipinski definition) is 5. The lowest BCUT2D eigenvalue weighted by Gasteiger charge is -2.06. The summed E-state index contributed by atoms with van der Waals surface area (Å²) in [6.07, 6.45) is 0. The molecule has 1 aromatic heterocycles. The van der Waals surface area contributed by atoms with Gasteiger partial charge in [-0.3, -0.25) is 0 Å². The number of nitrogens with two attached hydrogens (primary N) is 1. The maximum atomic E-state index is 9.11. The third-order valence-corrected chi connectivity index (χ3v) is 3.60. The molecule has 0 amide bonds. The van der Waals surface area contributed by atoms with Gasteiger partial charge in [-0.1, -0.05) is 0 Å². The van der Waals surface area contributed by atoms with Crippen molar-refractivity contribution in [2.45, 2.75) is 13.5 Å². The molecule has 0 saturated heterocycles. The third kappa shape index (κ3) is 2.21. The number of aryl methyl sites for hydroxylation is 1. The number of ether oxygens (including phenoxy) is 1. The monoisotopic (exact) mass is 259 g/mol. The Morgan fingerprint density at radius 1 is 1.50 bits per heavy atom. The predicted octanol–water partition coefficient (Wildman–Crippen LogP) is 2.46. The van der Waals surface area contributed by atoms with Crippen LogP contribution < -0.4 is 10.5 Å². The molecule has 0 bridgehead atoms. The van der Waals surface area contributed by atoms with Crippen molar-refractivity contribution in [2.24, 2.45) is 5.73 Å². The number of hydrogen-bond donors (Lipinski definition) is 1. The molecule has 4 nitrogen and oxygen atoms in total. The Balaban J connectivity index is 2.52. The molecule has 0 unspecified atom stereocenters. The summed E-state index contributed by atoms with van der Waals surface area (Å²) in [6, 6.07) is 7.92. The van der Waals surface area contributed by atoms with Gasteiger partial charge in [0.25, 0.3) is 0 Å². The topological polar surface area (TPSA) is 71.9 Å². The molecule has 0 radical (unpaired) electrons. The second kappa shape index (κ2) is 5.17. The molecule has 5 heteroatoms. The Bertz CT molecular complexity index is 613. The van der Waals surface area contributed by atoms with Gasteiger partial charge in [0.1, 0.15) is 21.7 Å². The maximum absolute atomic E-state index is 9.11. The first-order chi connectivity index (χ1) is 8.69. The van der Waals surface area contributed by atoms with E-state index in [4.69, 9.17) is 15.7 Å². The van der Waals surface area contributed by atoms with Crippen molar-refractivity contribution in [1.29, 1.82) is 5.26 Å². The molecular weight excluding hydrogens is 246 g/mol. The summed E-state index contributed by atoms with van der Waals surface area (Å²) in [6.45, 7) is 2.32. The van der Waals surface area contributed by atoms with Gasteiger partial charge in [-0.2, -0.15) is 5.26 Å². The lowest BCUT2D eigenvalue weighted by atomic mass is 10.1. The van der Waals surface area contributed by atoms with Gasteiger partial charge in [0, 0.05) is 12.1 Å². The van der Waals surface area contributed by atoms with Crippen LogP contribution in [0.2, 0.25) is 0 Å². The molecule has 1 heterocycles. The highest BCUT2D eigenvalue weighted by atomic mass is 32.1. The summed E-state index contributed by atoms with van der Waals surface area (Å²) in [7, 11) is 1.64. The number of aromatic nitrogens is 1. The number of rotatable bonds is 3. The molecule has 0 aliphatic rings. The Hall–Kier alpha value is -1.90. The standard InChI is InChI=1S/C13H13N3OS/c1-8-5-9(3-4-10(8)17-2)13-11(6-14)18-12(7-15)16-13/h3-5H,7,15H2,1-2H3. The molecule has 0 saturated carbocycles. The first-order valence-corrected chi connectivity index (χ1v) is 6.26. The second-order valence-corrected chi connectivity index (χ2v) is 4.87. The van der Waals surface area contributed by atoms with Crippen molar-refractivity contribution in [3.05, 3.63) is 33.6 Å². The molecule has 92 valence electrons. The summed E-state index contributed by atoms with van der Waals surface area (Å²) in [4.78, 5) is 4.99. The summed E-state index contributed by atoms with van der Waals surface area (Å²) in [5.74, 6) is 0.825. The fourth-order valence-corrected chi connectivity index (χ4v) is 2.51. The van der Waals surface area contributed by atoms with E-state index in [1.807, 2.05) is 25.1 Å². The van der Waals surface area contributed by atoms with Crippen LogP contribution in [0, 0.1) is 18.3 Å². The number of thiazole rings is 1. The van der Waals surface area contributed by atoms with Gasteiger partial charge in [-0.05, 0) is 30.7 Å².